The van der Waals surface area contributed by atoms with Crippen LogP contribution in [0.2, 0.25) is 0 Å². The fourth-order valence-electron chi connectivity index (χ4n) is 3.85. The third-order valence-corrected chi connectivity index (χ3v) is 5.37. The molecule has 1 N–H and O–H groups in total. The molecule has 162 valence electrons. The maximum Gasteiger partial charge on any atom is 0.407 e. The summed E-state index contributed by atoms with van der Waals surface area (Å²) in [5, 5.41) is 2.91. The van der Waals surface area contributed by atoms with Gasteiger partial charge in [-0.1, -0.05) is 6.07 Å². The number of alkyl carbamates (subject to hydrolysis) is 1. The predicted molar refractivity (Wildman–Crippen MR) is 117 cm³/mol. The van der Waals surface area contributed by atoms with Gasteiger partial charge in [-0.15, -0.1) is 0 Å². The molecule has 0 unspecified atom stereocenters. The van der Waals surface area contributed by atoms with Gasteiger partial charge in [0.05, 0.1) is 7.11 Å². The number of hydrogen-bond acceptors (Lipinski definition) is 4. The number of nitrogens with zero attached hydrogens (tertiary/aromatic N) is 1. The van der Waals surface area contributed by atoms with E-state index in [9.17, 15) is 9.18 Å². The number of benzene rings is 2. The first kappa shape index (κ1) is 21.9. The van der Waals surface area contributed by atoms with E-state index in [2.05, 4.69) is 23.5 Å². The molecule has 1 atom stereocenters. The second-order valence-corrected chi connectivity index (χ2v) is 8.73. The molecular formula is C24H31FN2O3. The van der Waals surface area contributed by atoms with Crippen LogP contribution in [0, 0.1) is 5.82 Å². The molecule has 0 aliphatic heterocycles. The molecule has 2 aromatic rings. The maximum atomic E-state index is 13.7. The van der Waals surface area contributed by atoms with Gasteiger partial charge in [-0.3, -0.25) is 0 Å². The summed E-state index contributed by atoms with van der Waals surface area (Å²) in [7, 11) is 3.42. The van der Waals surface area contributed by atoms with Crippen LogP contribution < -0.4 is 15.0 Å². The van der Waals surface area contributed by atoms with Crippen LogP contribution in [0.15, 0.2) is 36.4 Å². The molecule has 0 radical (unpaired) electrons. The van der Waals surface area contributed by atoms with Crippen LogP contribution in [0.5, 0.6) is 5.75 Å². The Morgan fingerprint density at radius 2 is 1.90 bits per heavy atom. The highest BCUT2D eigenvalue weighted by molar-refractivity contribution is 5.68. The number of aryl methyl sites for hydroxylation is 1. The van der Waals surface area contributed by atoms with Crippen molar-refractivity contribution in [2.45, 2.75) is 51.6 Å². The van der Waals surface area contributed by atoms with Crippen LogP contribution in [0.1, 0.15) is 50.7 Å². The van der Waals surface area contributed by atoms with Crippen molar-refractivity contribution in [3.05, 3.63) is 53.3 Å². The van der Waals surface area contributed by atoms with Gasteiger partial charge in [0.1, 0.15) is 5.60 Å². The largest absolute Gasteiger partial charge is 0.494 e. The number of hydrogen-bond donors (Lipinski definition) is 1. The van der Waals surface area contributed by atoms with Crippen molar-refractivity contribution in [3.8, 4) is 5.75 Å². The zero-order valence-corrected chi connectivity index (χ0v) is 18.4. The summed E-state index contributed by atoms with van der Waals surface area (Å²) in [5.74, 6) is 0.123. The van der Waals surface area contributed by atoms with E-state index < -0.39 is 5.60 Å². The molecule has 0 aromatic heterocycles. The number of methoxy groups -OCH3 is 1. The van der Waals surface area contributed by atoms with E-state index in [1.54, 1.807) is 12.1 Å². The molecule has 0 saturated heterocycles. The summed E-state index contributed by atoms with van der Waals surface area (Å²) in [6, 6.07) is 11.3. The van der Waals surface area contributed by atoms with Gasteiger partial charge in [0.25, 0.3) is 0 Å². The maximum absolute atomic E-state index is 13.7. The molecule has 6 heteroatoms. The predicted octanol–water partition coefficient (Wildman–Crippen LogP) is 5.55. The van der Waals surface area contributed by atoms with Crippen molar-refractivity contribution in [2.24, 2.45) is 0 Å². The van der Waals surface area contributed by atoms with Crippen LogP contribution >= 0.6 is 0 Å². The summed E-state index contributed by atoms with van der Waals surface area (Å²) in [6.45, 7) is 6.14. The topological polar surface area (TPSA) is 50.8 Å². The molecule has 30 heavy (non-hydrogen) atoms. The molecule has 1 aliphatic carbocycles. The van der Waals surface area contributed by atoms with Gasteiger partial charge in [-0.2, -0.15) is 0 Å². The first-order valence-electron chi connectivity index (χ1n) is 10.3. The lowest BCUT2D eigenvalue weighted by atomic mass is 9.82. The Kier molecular flexibility index (Phi) is 6.54. The van der Waals surface area contributed by atoms with Gasteiger partial charge in [-0.05, 0) is 75.4 Å². The average Bonchev–Trinajstić information content (AvgIpc) is 2.70. The zero-order chi connectivity index (χ0) is 21.9. The monoisotopic (exact) mass is 414 g/mol. The van der Waals surface area contributed by atoms with E-state index in [1.807, 2.05) is 32.7 Å². The minimum Gasteiger partial charge on any atom is -0.494 e. The quantitative estimate of drug-likeness (QED) is 0.697. The molecule has 2 aromatic carbocycles. The van der Waals surface area contributed by atoms with Crippen molar-refractivity contribution in [3.63, 3.8) is 0 Å². The Morgan fingerprint density at radius 3 is 2.60 bits per heavy atom. The molecular weight excluding hydrogens is 383 g/mol. The van der Waals surface area contributed by atoms with Crippen molar-refractivity contribution in [1.82, 2.24) is 5.32 Å². The summed E-state index contributed by atoms with van der Waals surface area (Å²) < 4.78 is 24.2. The van der Waals surface area contributed by atoms with Gasteiger partial charge >= 0.3 is 6.09 Å². The number of nitrogens with one attached hydrogen (secondary N) is 1. The van der Waals surface area contributed by atoms with E-state index >= 15 is 0 Å². The van der Waals surface area contributed by atoms with E-state index in [1.165, 1.54) is 24.3 Å². The fraction of sp³-hybridized carbons (Fsp3) is 0.458. The second-order valence-electron chi connectivity index (χ2n) is 8.73. The Balaban J connectivity index is 1.74. The van der Waals surface area contributed by atoms with Crippen molar-refractivity contribution in [1.29, 1.82) is 0 Å². The van der Waals surface area contributed by atoms with E-state index in [4.69, 9.17) is 9.47 Å². The van der Waals surface area contributed by atoms with Crippen LogP contribution in [-0.4, -0.2) is 32.4 Å². The van der Waals surface area contributed by atoms with Crippen molar-refractivity contribution < 1.29 is 18.7 Å². The lowest BCUT2D eigenvalue weighted by Crippen LogP contribution is -2.35. The minimum atomic E-state index is -0.503. The Hall–Kier alpha value is -2.76. The summed E-state index contributed by atoms with van der Waals surface area (Å²) in [6.07, 6.45) is 2.74. The highest BCUT2D eigenvalue weighted by Crippen LogP contribution is 2.36. The molecule has 3 rings (SSSR count). The molecule has 0 spiro atoms. The third kappa shape index (κ3) is 5.23. The van der Waals surface area contributed by atoms with Gasteiger partial charge in [0, 0.05) is 37.0 Å². The summed E-state index contributed by atoms with van der Waals surface area (Å²) in [4.78, 5) is 14.0. The van der Waals surface area contributed by atoms with Gasteiger partial charge in [0.15, 0.2) is 11.6 Å². The number of fused-ring (bicyclic) bond motifs is 1. The molecule has 0 heterocycles. The number of halogens is 1. The lowest BCUT2D eigenvalue weighted by Gasteiger charge is -2.29. The van der Waals surface area contributed by atoms with E-state index in [-0.39, 0.29) is 23.6 Å². The van der Waals surface area contributed by atoms with Crippen molar-refractivity contribution in [2.75, 3.05) is 25.6 Å². The van der Waals surface area contributed by atoms with Gasteiger partial charge in [-0.25, -0.2) is 9.18 Å². The molecule has 0 bridgehead atoms. The number of amides is 1. The lowest BCUT2D eigenvalue weighted by molar-refractivity contribution is 0.0523. The molecule has 5 nitrogen and oxygen atoms in total. The fourth-order valence-corrected chi connectivity index (χ4v) is 3.85. The van der Waals surface area contributed by atoms with Crippen LogP contribution in [-0.2, 0) is 11.2 Å². The van der Waals surface area contributed by atoms with Gasteiger partial charge < -0.3 is 19.7 Å². The number of rotatable bonds is 5. The Bertz CT molecular complexity index is 908. The number of carbonyl (C=O) groups excluding carboxylic acids is 1. The SMILES string of the molecule is COc1cc(N(C)c2ccc3c(c2)CCC[C@H]3CNC(=O)OC(C)(C)C)ccc1F. The highest BCUT2D eigenvalue weighted by Gasteiger charge is 2.23. The van der Waals surface area contributed by atoms with Gasteiger partial charge in [0.2, 0.25) is 0 Å². The number of carbonyl (C=O) groups is 1. The Labute approximate surface area is 178 Å². The molecule has 1 aliphatic rings. The molecule has 0 fully saturated rings. The third-order valence-electron chi connectivity index (χ3n) is 5.37. The average molecular weight is 415 g/mol. The number of ether oxygens (including phenoxy) is 2. The highest BCUT2D eigenvalue weighted by atomic mass is 19.1. The van der Waals surface area contributed by atoms with Crippen molar-refractivity contribution >= 4 is 17.5 Å². The standard InChI is InChI=1S/C24H31FN2O3/c1-24(2,3)30-23(28)26-15-17-8-6-7-16-13-18(9-11-20(16)17)27(4)19-10-12-21(25)22(14-19)29-5/h9-14,17H,6-8,15H2,1-5H3,(H,26,28)/t17-/m0/s1. The first-order chi connectivity index (χ1) is 14.2. The summed E-state index contributed by atoms with van der Waals surface area (Å²) >= 11 is 0. The number of anilines is 2. The van der Waals surface area contributed by atoms with Crippen LogP contribution in [0.4, 0.5) is 20.6 Å². The van der Waals surface area contributed by atoms with Crippen LogP contribution in [0.3, 0.4) is 0 Å². The van der Waals surface area contributed by atoms with E-state index in [0.29, 0.717) is 6.54 Å². The normalized spacial score (nSPS) is 15.9. The second kappa shape index (κ2) is 8.94. The minimum absolute atomic E-state index is 0.227. The van der Waals surface area contributed by atoms with Crippen LogP contribution in [0.25, 0.3) is 0 Å². The zero-order valence-electron chi connectivity index (χ0n) is 18.4. The first-order valence-corrected chi connectivity index (χ1v) is 10.3. The smallest absolute Gasteiger partial charge is 0.407 e. The van der Waals surface area contributed by atoms with E-state index in [0.717, 1.165) is 30.6 Å². The summed E-state index contributed by atoms with van der Waals surface area (Å²) in [5.41, 5.74) is 3.94. The molecule has 0 saturated carbocycles. The molecule has 1 amide bonds. The Morgan fingerprint density at radius 1 is 1.20 bits per heavy atom.